The average molecular weight is 302 g/mol. The normalized spacial score (nSPS) is 9.59. The summed E-state index contributed by atoms with van der Waals surface area (Å²) in [6, 6.07) is 5.15. The minimum Gasteiger partial charge on any atom is -0.465 e. The highest BCUT2D eigenvalue weighted by Crippen LogP contribution is 2.17. The molecular formula is C11H12BrNO4. The maximum Gasteiger partial charge on any atom is 0.407 e. The number of nitrogens with one attached hydrogen (secondary N) is 1. The molecule has 0 aliphatic heterocycles. The van der Waals surface area contributed by atoms with E-state index in [4.69, 9.17) is 0 Å². The van der Waals surface area contributed by atoms with Gasteiger partial charge in [-0.3, -0.25) is 0 Å². The molecule has 0 bridgehead atoms. The fraction of sp³-hybridized carbons (Fsp3) is 0.273. The first-order valence-electron chi connectivity index (χ1n) is 4.77. The zero-order chi connectivity index (χ0) is 12.8. The number of ether oxygens (including phenoxy) is 2. The molecular weight excluding hydrogens is 290 g/mol. The zero-order valence-corrected chi connectivity index (χ0v) is 11.0. The van der Waals surface area contributed by atoms with Crippen molar-refractivity contribution in [2.24, 2.45) is 0 Å². The Morgan fingerprint density at radius 3 is 2.59 bits per heavy atom. The van der Waals surface area contributed by atoms with Crippen molar-refractivity contribution in [3.8, 4) is 0 Å². The van der Waals surface area contributed by atoms with Gasteiger partial charge in [-0.15, -0.1) is 0 Å². The molecule has 1 rings (SSSR count). The van der Waals surface area contributed by atoms with Crippen LogP contribution < -0.4 is 5.32 Å². The van der Waals surface area contributed by atoms with E-state index in [1.165, 1.54) is 14.2 Å². The van der Waals surface area contributed by atoms with E-state index in [1.54, 1.807) is 18.2 Å². The fourth-order valence-electron chi connectivity index (χ4n) is 1.24. The Labute approximate surface area is 107 Å². The van der Waals surface area contributed by atoms with Crippen LogP contribution in [0.15, 0.2) is 22.7 Å². The summed E-state index contributed by atoms with van der Waals surface area (Å²) in [6.07, 6.45) is -0.552. The number of carbonyl (C=O) groups is 2. The highest BCUT2D eigenvalue weighted by Gasteiger charge is 2.12. The second-order valence-electron chi connectivity index (χ2n) is 3.14. The number of carbonyl (C=O) groups excluding carboxylic acids is 2. The summed E-state index contributed by atoms with van der Waals surface area (Å²) >= 11 is 3.27. The van der Waals surface area contributed by atoms with Crippen molar-refractivity contribution in [2.45, 2.75) is 6.54 Å². The Morgan fingerprint density at radius 1 is 1.29 bits per heavy atom. The largest absolute Gasteiger partial charge is 0.465 e. The van der Waals surface area contributed by atoms with Crippen LogP contribution >= 0.6 is 15.9 Å². The molecule has 0 aromatic heterocycles. The summed E-state index contributed by atoms with van der Waals surface area (Å²) < 4.78 is 9.87. The van der Waals surface area contributed by atoms with Gasteiger partial charge >= 0.3 is 12.1 Å². The van der Waals surface area contributed by atoms with Crippen LogP contribution in [-0.2, 0) is 16.0 Å². The molecule has 0 saturated carbocycles. The van der Waals surface area contributed by atoms with E-state index in [1.807, 2.05) is 0 Å². The lowest BCUT2D eigenvalue weighted by Gasteiger charge is -2.09. The second-order valence-corrected chi connectivity index (χ2v) is 4.05. The van der Waals surface area contributed by atoms with Crippen LogP contribution in [0, 0.1) is 0 Å². The minimum atomic E-state index is -0.552. The first-order chi connectivity index (χ1) is 8.08. The van der Waals surface area contributed by atoms with Gasteiger partial charge in [0, 0.05) is 11.0 Å². The summed E-state index contributed by atoms with van der Waals surface area (Å²) in [5.74, 6) is -0.451. The number of benzene rings is 1. The van der Waals surface area contributed by atoms with Gasteiger partial charge in [0.05, 0.1) is 19.8 Å². The maximum absolute atomic E-state index is 11.5. The van der Waals surface area contributed by atoms with Crippen molar-refractivity contribution >= 4 is 28.0 Å². The third kappa shape index (κ3) is 3.74. The van der Waals surface area contributed by atoms with Crippen LogP contribution in [0.4, 0.5) is 4.79 Å². The molecule has 6 heteroatoms. The Balaban J connectivity index is 2.90. The van der Waals surface area contributed by atoms with Crippen molar-refractivity contribution < 1.29 is 19.1 Å². The van der Waals surface area contributed by atoms with Gasteiger partial charge < -0.3 is 14.8 Å². The van der Waals surface area contributed by atoms with Crippen LogP contribution in [0.5, 0.6) is 0 Å². The topological polar surface area (TPSA) is 64.6 Å². The van der Waals surface area contributed by atoms with Gasteiger partial charge in [-0.05, 0) is 17.7 Å². The molecule has 0 unspecified atom stereocenters. The van der Waals surface area contributed by atoms with Crippen LogP contribution in [0.25, 0.3) is 0 Å². The summed E-state index contributed by atoms with van der Waals surface area (Å²) in [4.78, 5) is 22.5. The van der Waals surface area contributed by atoms with Gasteiger partial charge in [0.25, 0.3) is 0 Å². The molecule has 0 heterocycles. The number of amides is 1. The molecule has 0 atom stereocenters. The molecule has 0 saturated heterocycles. The number of methoxy groups -OCH3 is 2. The van der Waals surface area contributed by atoms with Crippen LogP contribution in [0.1, 0.15) is 15.9 Å². The van der Waals surface area contributed by atoms with Gasteiger partial charge in [0.1, 0.15) is 0 Å². The molecule has 1 N–H and O–H groups in total. The van der Waals surface area contributed by atoms with E-state index in [0.717, 1.165) is 4.47 Å². The van der Waals surface area contributed by atoms with Crippen molar-refractivity contribution in [3.63, 3.8) is 0 Å². The van der Waals surface area contributed by atoms with Gasteiger partial charge in [-0.2, -0.15) is 0 Å². The molecule has 0 radical (unpaired) electrons. The molecule has 0 aliphatic rings. The molecule has 92 valence electrons. The number of hydrogen-bond donors (Lipinski definition) is 1. The molecule has 1 aromatic carbocycles. The quantitative estimate of drug-likeness (QED) is 0.868. The molecule has 5 nitrogen and oxygen atoms in total. The zero-order valence-electron chi connectivity index (χ0n) is 9.45. The van der Waals surface area contributed by atoms with Crippen LogP contribution in [0.3, 0.4) is 0 Å². The number of esters is 1. The summed E-state index contributed by atoms with van der Waals surface area (Å²) in [5.41, 5.74) is 1.06. The van der Waals surface area contributed by atoms with Crippen molar-refractivity contribution in [3.05, 3.63) is 33.8 Å². The third-order valence-corrected chi connectivity index (χ3v) is 2.58. The maximum atomic E-state index is 11.5. The number of hydrogen-bond acceptors (Lipinski definition) is 4. The molecule has 1 aromatic rings. The van der Waals surface area contributed by atoms with Crippen molar-refractivity contribution in [2.75, 3.05) is 14.2 Å². The number of alkyl carbamates (subject to hydrolysis) is 1. The summed E-state index contributed by atoms with van der Waals surface area (Å²) in [7, 11) is 2.58. The highest BCUT2D eigenvalue weighted by molar-refractivity contribution is 9.10. The molecule has 17 heavy (non-hydrogen) atoms. The highest BCUT2D eigenvalue weighted by atomic mass is 79.9. The van der Waals surface area contributed by atoms with Crippen LogP contribution in [0.2, 0.25) is 0 Å². The lowest BCUT2D eigenvalue weighted by molar-refractivity contribution is 0.0599. The Bertz CT molecular complexity index is 433. The van der Waals surface area contributed by atoms with Gasteiger partial charge in [-0.25, -0.2) is 9.59 Å². The SMILES string of the molecule is COC(=O)NCc1ccc(Br)cc1C(=O)OC. The molecule has 1 amide bonds. The minimum absolute atomic E-state index is 0.199. The van der Waals surface area contributed by atoms with Crippen molar-refractivity contribution in [1.29, 1.82) is 0 Å². The van der Waals surface area contributed by atoms with Crippen molar-refractivity contribution in [1.82, 2.24) is 5.32 Å². The van der Waals surface area contributed by atoms with E-state index in [2.05, 4.69) is 30.7 Å². The standard InChI is InChI=1S/C11H12BrNO4/c1-16-10(14)9-5-8(12)4-3-7(9)6-13-11(15)17-2/h3-5H,6H2,1-2H3,(H,13,15). The lowest BCUT2D eigenvalue weighted by Crippen LogP contribution is -2.23. The smallest absolute Gasteiger partial charge is 0.407 e. The van der Waals surface area contributed by atoms with Crippen LogP contribution in [-0.4, -0.2) is 26.3 Å². The van der Waals surface area contributed by atoms with E-state index < -0.39 is 12.1 Å². The molecule has 0 fully saturated rings. The van der Waals surface area contributed by atoms with E-state index >= 15 is 0 Å². The molecule has 0 aliphatic carbocycles. The molecule has 0 spiro atoms. The third-order valence-electron chi connectivity index (χ3n) is 2.09. The Kier molecular flexibility index (Phi) is 4.96. The number of halogens is 1. The predicted molar refractivity (Wildman–Crippen MR) is 64.7 cm³/mol. The van der Waals surface area contributed by atoms with E-state index in [9.17, 15) is 9.59 Å². The monoisotopic (exact) mass is 301 g/mol. The van der Waals surface area contributed by atoms with E-state index in [-0.39, 0.29) is 6.54 Å². The van der Waals surface area contributed by atoms with Gasteiger partial charge in [0.15, 0.2) is 0 Å². The second kappa shape index (κ2) is 6.24. The first-order valence-corrected chi connectivity index (χ1v) is 5.56. The van der Waals surface area contributed by atoms with Gasteiger partial charge in [0.2, 0.25) is 0 Å². The predicted octanol–water partition coefficient (Wildman–Crippen LogP) is 2.09. The average Bonchev–Trinajstić information content (AvgIpc) is 2.35. The summed E-state index contributed by atoms with van der Waals surface area (Å²) in [6.45, 7) is 0.199. The van der Waals surface area contributed by atoms with E-state index in [0.29, 0.717) is 11.1 Å². The van der Waals surface area contributed by atoms with Gasteiger partial charge in [-0.1, -0.05) is 22.0 Å². The Hall–Kier alpha value is -1.56. The Morgan fingerprint density at radius 2 is 2.00 bits per heavy atom. The fourth-order valence-corrected chi connectivity index (χ4v) is 1.60. The number of rotatable bonds is 3. The summed E-state index contributed by atoms with van der Waals surface area (Å²) in [5, 5.41) is 2.50. The first kappa shape index (κ1) is 13.5. The lowest BCUT2D eigenvalue weighted by atomic mass is 10.1.